The predicted molar refractivity (Wildman–Crippen MR) is 122 cm³/mol. The van der Waals surface area contributed by atoms with E-state index in [0.717, 1.165) is 61.4 Å². The number of anilines is 1. The summed E-state index contributed by atoms with van der Waals surface area (Å²) in [7, 11) is 1.70. The van der Waals surface area contributed by atoms with Crippen LogP contribution in [0.25, 0.3) is 21.9 Å². The highest BCUT2D eigenvalue weighted by molar-refractivity contribution is 6.07. The molecule has 0 aromatic heterocycles. The van der Waals surface area contributed by atoms with E-state index >= 15 is 0 Å². The SMILES string of the molecule is CCC1(CC)c2ccccc2-c2c1cc(O)c1cc(OC)c(N3CCOCC3)cc21. The van der Waals surface area contributed by atoms with Crippen molar-refractivity contribution in [2.24, 2.45) is 0 Å². The van der Waals surface area contributed by atoms with Gasteiger partial charge in [-0.25, -0.2) is 0 Å². The first-order chi connectivity index (χ1) is 14.6. The van der Waals surface area contributed by atoms with E-state index < -0.39 is 0 Å². The Morgan fingerprint density at radius 2 is 1.73 bits per heavy atom. The third-order valence-electron chi connectivity index (χ3n) is 7.20. The number of ether oxygens (including phenoxy) is 2. The van der Waals surface area contributed by atoms with Crippen LogP contribution in [0.2, 0.25) is 0 Å². The third kappa shape index (κ3) is 2.56. The van der Waals surface area contributed by atoms with Crippen molar-refractivity contribution in [3.63, 3.8) is 0 Å². The number of morpholine rings is 1. The first-order valence-corrected chi connectivity index (χ1v) is 11.0. The smallest absolute Gasteiger partial charge is 0.142 e. The van der Waals surface area contributed by atoms with Crippen LogP contribution in [-0.2, 0) is 10.2 Å². The van der Waals surface area contributed by atoms with E-state index in [1.807, 2.05) is 12.1 Å². The number of fused-ring (bicyclic) bond motifs is 5. The summed E-state index contributed by atoms with van der Waals surface area (Å²) >= 11 is 0. The second kappa shape index (κ2) is 7.21. The van der Waals surface area contributed by atoms with E-state index in [9.17, 15) is 5.11 Å². The van der Waals surface area contributed by atoms with E-state index in [2.05, 4.69) is 49.1 Å². The summed E-state index contributed by atoms with van der Waals surface area (Å²) in [6.07, 6.45) is 2.01. The first kappa shape index (κ1) is 19.3. The Morgan fingerprint density at radius 1 is 1.00 bits per heavy atom. The zero-order valence-corrected chi connectivity index (χ0v) is 18.0. The number of phenols is 1. The molecule has 3 aromatic rings. The molecular formula is C26H29NO3. The number of rotatable bonds is 4. The van der Waals surface area contributed by atoms with Gasteiger partial charge in [-0.1, -0.05) is 38.1 Å². The highest BCUT2D eigenvalue weighted by atomic mass is 16.5. The average Bonchev–Trinajstić information content (AvgIpc) is 3.08. The molecule has 3 aromatic carbocycles. The highest BCUT2D eigenvalue weighted by Gasteiger charge is 2.41. The van der Waals surface area contributed by atoms with Gasteiger partial charge in [0, 0.05) is 23.9 Å². The van der Waals surface area contributed by atoms with E-state index in [-0.39, 0.29) is 5.41 Å². The van der Waals surface area contributed by atoms with Crippen molar-refractivity contribution in [2.45, 2.75) is 32.1 Å². The third-order valence-corrected chi connectivity index (χ3v) is 7.20. The normalized spacial score (nSPS) is 17.1. The van der Waals surface area contributed by atoms with Gasteiger partial charge in [0.15, 0.2) is 0 Å². The Bertz CT molecular complexity index is 1110. The minimum Gasteiger partial charge on any atom is -0.507 e. The Kier molecular flexibility index (Phi) is 4.62. The van der Waals surface area contributed by atoms with Crippen LogP contribution in [-0.4, -0.2) is 38.5 Å². The standard InChI is InChI=1S/C26H29NO3/c1-4-26(5-2)20-9-7-6-8-17(20)25-19-14-22(27-10-12-30-13-11-27)24(29-3)15-18(19)23(28)16-21(25)26/h6-9,14-16,28H,4-5,10-13H2,1-3H3. The van der Waals surface area contributed by atoms with Gasteiger partial charge in [-0.05, 0) is 58.7 Å². The summed E-state index contributed by atoms with van der Waals surface area (Å²) in [5, 5.41) is 13.0. The molecule has 1 N–H and O–H groups in total. The van der Waals surface area contributed by atoms with Crippen LogP contribution in [0.3, 0.4) is 0 Å². The summed E-state index contributed by atoms with van der Waals surface area (Å²) in [5.41, 5.74) is 6.19. The van der Waals surface area contributed by atoms with E-state index in [0.29, 0.717) is 5.75 Å². The second-order valence-electron chi connectivity index (χ2n) is 8.32. The maximum absolute atomic E-state index is 11.1. The van der Waals surface area contributed by atoms with Crippen LogP contribution in [0, 0.1) is 0 Å². The summed E-state index contributed by atoms with van der Waals surface area (Å²) in [4.78, 5) is 2.33. The quantitative estimate of drug-likeness (QED) is 0.627. The fraction of sp³-hybridized carbons (Fsp3) is 0.385. The number of benzene rings is 3. The van der Waals surface area contributed by atoms with Crippen LogP contribution < -0.4 is 9.64 Å². The average molecular weight is 404 g/mol. The first-order valence-electron chi connectivity index (χ1n) is 11.0. The topological polar surface area (TPSA) is 41.9 Å². The van der Waals surface area contributed by atoms with Crippen LogP contribution in [0.4, 0.5) is 5.69 Å². The maximum atomic E-state index is 11.1. The van der Waals surface area contributed by atoms with Crippen molar-refractivity contribution < 1.29 is 14.6 Å². The number of nitrogens with zero attached hydrogens (tertiary/aromatic N) is 1. The van der Waals surface area contributed by atoms with E-state index in [1.54, 1.807) is 7.11 Å². The Hall–Kier alpha value is -2.72. The summed E-state index contributed by atoms with van der Waals surface area (Å²) < 4.78 is 11.3. The Labute approximate surface area is 178 Å². The molecule has 0 bridgehead atoms. The van der Waals surface area contributed by atoms with Crippen LogP contribution in [0.1, 0.15) is 37.8 Å². The molecule has 1 fully saturated rings. The van der Waals surface area contributed by atoms with Gasteiger partial charge in [0.1, 0.15) is 11.5 Å². The highest BCUT2D eigenvalue weighted by Crippen LogP contribution is 2.56. The van der Waals surface area contributed by atoms with Crippen molar-refractivity contribution in [3.8, 4) is 22.6 Å². The van der Waals surface area contributed by atoms with Gasteiger partial charge < -0.3 is 19.5 Å². The zero-order chi connectivity index (χ0) is 20.9. The largest absolute Gasteiger partial charge is 0.507 e. The fourth-order valence-electron chi connectivity index (χ4n) is 5.58. The monoisotopic (exact) mass is 403 g/mol. The second-order valence-corrected chi connectivity index (χ2v) is 8.32. The van der Waals surface area contributed by atoms with Crippen LogP contribution in [0.5, 0.6) is 11.5 Å². The van der Waals surface area contributed by atoms with Crippen molar-refractivity contribution in [1.29, 1.82) is 0 Å². The summed E-state index contributed by atoms with van der Waals surface area (Å²) in [6.45, 7) is 7.63. The molecule has 0 saturated carbocycles. The lowest BCUT2D eigenvalue weighted by Gasteiger charge is -2.31. The summed E-state index contributed by atoms with van der Waals surface area (Å²) in [5.74, 6) is 1.12. The molecule has 5 rings (SSSR count). The van der Waals surface area contributed by atoms with Gasteiger partial charge in [-0.15, -0.1) is 0 Å². The molecule has 0 amide bonds. The van der Waals surface area contributed by atoms with Gasteiger partial charge in [-0.2, -0.15) is 0 Å². The number of hydrogen-bond donors (Lipinski definition) is 1. The number of methoxy groups -OCH3 is 1. The van der Waals surface area contributed by atoms with Gasteiger partial charge in [0.25, 0.3) is 0 Å². The molecule has 0 spiro atoms. The predicted octanol–water partition coefficient (Wildman–Crippen LogP) is 5.48. The molecule has 1 saturated heterocycles. The number of phenolic OH excluding ortho intramolecular Hbond substituents is 1. The van der Waals surface area contributed by atoms with Crippen molar-refractivity contribution in [2.75, 3.05) is 38.3 Å². The lowest BCUT2D eigenvalue weighted by atomic mass is 9.73. The number of aromatic hydroxyl groups is 1. The summed E-state index contributed by atoms with van der Waals surface area (Å²) in [6, 6.07) is 15.0. The Morgan fingerprint density at radius 3 is 2.43 bits per heavy atom. The Balaban J connectivity index is 1.85. The molecule has 0 unspecified atom stereocenters. The molecule has 4 nitrogen and oxygen atoms in total. The minimum absolute atomic E-state index is 0.0589. The molecule has 1 aliphatic carbocycles. The van der Waals surface area contributed by atoms with E-state index in [1.165, 1.54) is 22.3 Å². The van der Waals surface area contributed by atoms with Gasteiger partial charge >= 0.3 is 0 Å². The zero-order valence-electron chi connectivity index (χ0n) is 18.0. The maximum Gasteiger partial charge on any atom is 0.142 e. The van der Waals surface area contributed by atoms with Crippen molar-refractivity contribution in [3.05, 3.63) is 53.6 Å². The molecule has 4 heteroatoms. The molecule has 2 aliphatic rings. The molecule has 0 atom stereocenters. The van der Waals surface area contributed by atoms with Crippen molar-refractivity contribution in [1.82, 2.24) is 0 Å². The van der Waals surface area contributed by atoms with Crippen LogP contribution >= 0.6 is 0 Å². The van der Waals surface area contributed by atoms with Crippen molar-refractivity contribution >= 4 is 16.5 Å². The molecule has 1 heterocycles. The molecular weight excluding hydrogens is 374 g/mol. The lowest BCUT2D eigenvalue weighted by molar-refractivity contribution is 0.122. The molecule has 30 heavy (non-hydrogen) atoms. The molecule has 0 radical (unpaired) electrons. The van der Waals surface area contributed by atoms with Gasteiger partial charge in [0.05, 0.1) is 26.0 Å². The van der Waals surface area contributed by atoms with Gasteiger partial charge in [-0.3, -0.25) is 0 Å². The molecule has 1 aliphatic heterocycles. The van der Waals surface area contributed by atoms with Gasteiger partial charge in [0.2, 0.25) is 0 Å². The minimum atomic E-state index is -0.0589. The van der Waals surface area contributed by atoms with E-state index in [4.69, 9.17) is 9.47 Å². The lowest BCUT2D eigenvalue weighted by Crippen LogP contribution is -2.36. The molecule has 156 valence electrons. The fourth-order valence-corrected chi connectivity index (χ4v) is 5.58. The van der Waals surface area contributed by atoms with Crippen LogP contribution in [0.15, 0.2) is 42.5 Å². The number of hydrogen-bond acceptors (Lipinski definition) is 4.